The predicted molar refractivity (Wildman–Crippen MR) is 103 cm³/mol. The fraction of sp³-hybridized carbons (Fsp3) is 0.273. The van der Waals surface area contributed by atoms with Gasteiger partial charge in [0, 0.05) is 41.8 Å². The molecule has 2 heterocycles. The van der Waals surface area contributed by atoms with Crippen molar-refractivity contribution in [2.45, 2.75) is 18.8 Å². The van der Waals surface area contributed by atoms with Crippen LogP contribution in [0.5, 0.6) is 5.75 Å². The monoisotopic (exact) mass is 346 g/mol. The van der Waals surface area contributed by atoms with Gasteiger partial charge in [-0.2, -0.15) is 0 Å². The first-order chi connectivity index (χ1) is 12.7. The van der Waals surface area contributed by atoms with Gasteiger partial charge in [0.2, 0.25) is 0 Å². The minimum absolute atomic E-state index is 0.0642. The fourth-order valence-electron chi connectivity index (χ4n) is 3.67. The number of methoxy groups -OCH3 is 1. The molecule has 0 bridgehead atoms. The second-order valence-electron chi connectivity index (χ2n) is 6.78. The summed E-state index contributed by atoms with van der Waals surface area (Å²) in [5, 5.41) is 2.35. The number of carbonyl (C=O) groups is 1. The first-order valence-corrected chi connectivity index (χ1v) is 9.02. The van der Waals surface area contributed by atoms with Crippen LogP contribution >= 0.6 is 0 Å². The summed E-state index contributed by atoms with van der Waals surface area (Å²) in [4.78, 5) is 19.5. The molecule has 1 fully saturated rings. The van der Waals surface area contributed by atoms with E-state index in [-0.39, 0.29) is 11.8 Å². The van der Waals surface area contributed by atoms with Gasteiger partial charge >= 0.3 is 0 Å². The van der Waals surface area contributed by atoms with Crippen molar-refractivity contribution >= 4 is 16.7 Å². The highest BCUT2D eigenvalue weighted by atomic mass is 16.5. The Kier molecular flexibility index (Phi) is 4.57. The average Bonchev–Trinajstić information content (AvgIpc) is 2.73. The molecule has 1 amide bonds. The van der Waals surface area contributed by atoms with E-state index >= 15 is 0 Å². The number of amides is 1. The van der Waals surface area contributed by atoms with Crippen LogP contribution in [0, 0.1) is 0 Å². The highest BCUT2D eigenvalue weighted by Gasteiger charge is 2.26. The molecule has 1 saturated heterocycles. The largest absolute Gasteiger partial charge is 0.497 e. The molecule has 1 atom stereocenters. The van der Waals surface area contributed by atoms with Gasteiger partial charge in [0.05, 0.1) is 7.11 Å². The number of pyridine rings is 1. The van der Waals surface area contributed by atoms with E-state index in [1.165, 1.54) is 5.39 Å². The molecule has 0 saturated carbocycles. The number of likely N-dealkylation sites (tertiary alicyclic amines) is 1. The number of hydrogen-bond acceptors (Lipinski definition) is 3. The molecule has 4 heteroatoms. The quantitative estimate of drug-likeness (QED) is 0.711. The number of benzene rings is 2. The molecule has 1 aliphatic rings. The van der Waals surface area contributed by atoms with Gasteiger partial charge in [0.15, 0.2) is 0 Å². The van der Waals surface area contributed by atoms with Crippen LogP contribution in [0.25, 0.3) is 10.8 Å². The number of hydrogen-bond donors (Lipinski definition) is 0. The Labute approximate surface area is 153 Å². The standard InChI is InChI=1S/C22H22N2O2/c1-26-20-10-4-8-17(12-20)22(25)24-11-5-9-19(15-24)21-13-16-6-2-3-7-18(16)14-23-21/h2-4,6-8,10,12-14,19H,5,9,11,15H2,1H3/t19-/m1/s1. The van der Waals surface area contributed by atoms with Crippen molar-refractivity contribution in [1.29, 1.82) is 0 Å². The van der Waals surface area contributed by atoms with Crippen molar-refractivity contribution in [3.05, 3.63) is 72.1 Å². The molecular formula is C22H22N2O2. The van der Waals surface area contributed by atoms with Crippen LogP contribution in [0.1, 0.15) is 34.8 Å². The summed E-state index contributed by atoms with van der Waals surface area (Å²) in [5.41, 5.74) is 1.75. The molecule has 132 valence electrons. The maximum atomic E-state index is 12.9. The van der Waals surface area contributed by atoms with E-state index in [2.05, 4.69) is 23.2 Å². The van der Waals surface area contributed by atoms with Gasteiger partial charge in [-0.25, -0.2) is 0 Å². The summed E-state index contributed by atoms with van der Waals surface area (Å²) in [6, 6.07) is 17.8. The molecule has 0 spiro atoms. The molecule has 4 nitrogen and oxygen atoms in total. The first kappa shape index (κ1) is 16.6. The maximum Gasteiger partial charge on any atom is 0.254 e. The van der Waals surface area contributed by atoms with Crippen LogP contribution in [0.3, 0.4) is 0 Å². The highest BCUT2D eigenvalue weighted by Crippen LogP contribution is 2.28. The summed E-state index contributed by atoms with van der Waals surface area (Å²) in [6.45, 7) is 1.50. The number of carbonyl (C=O) groups excluding carboxylic acids is 1. The molecule has 3 aromatic rings. The SMILES string of the molecule is COc1cccc(C(=O)N2CCC[C@@H](c3cc4ccccc4cn3)C2)c1. The summed E-state index contributed by atoms with van der Waals surface area (Å²) in [7, 11) is 1.62. The Balaban J connectivity index is 1.55. The molecule has 0 aliphatic carbocycles. The molecular weight excluding hydrogens is 324 g/mol. The summed E-state index contributed by atoms with van der Waals surface area (Å²) >= 11 is 0. The predicted octanol–water partition coefficient (Wildman–Crippen LogP) is 4.26. The fourth-order valence-corrected chi connectivity index (χ4v) is 3.67. The molecule has 1 aliphatic heterocycles. The van der Waals surface area contributed by atoms with Crippen LogP contribution in [-0.4, -0.2) is 36.0 Å². The van der Waals surface area contributed by atoms with E-state index in [1.807, 2.05) is 41.4 Å². The van der Waals surface area contributed by atoms with Gasteiger partial charge in [-0.3, -0.25) is 9.78 Å². The minimum atomic E-state index is 0.0642. The number of nitrogens with zero attached hydrogens (tertiary/aromatic N) is 2. The molecule has 26 heavy (non-hydrogen) atoms. The van der Waals surface area contributed by atoms with E-state index in [4.69, 9.17) is 4.74 Å². The zero-order valence-electron chi connectivity index (χ0n) is 14.9. The summed E-state index contributed by atoms with van der Waals surface area (Å²) < 4.78 is 5.24. The Morgan fingerprint density at radius 2 is 1.96 bits per heavy atom. The normalized spacial score (nSPS) is 17.3. The van der Waals surface area contributed by atoms with Gasteiger partial charge in [-0.15, -0.1) is 0 Å². The first-order valence-electron chi connectivity index (χ1n) is 9.02. The Morgan fingerprint density at radius 3 is 2.81 bits per heavy atom. The summed E-state index contributed by atoms with van der Waals surface area (Å²) in [6.07, 6.45) is 4.00. The third-order valence-electron chi connectivity index (χ3n) is 5.10. The second kappa shape index (κ2) is 7.16. The topological polar surface area (TPSA) is 42.4 Å². The molecule has 1 aromatic heterocycles. The summed E-state index contributed by atoms with van der Waals surface area (Å²) in [5.74, 6) is 1.05. The Bertz CT molecular complexity index is 938. The number of piperidine rings is 1. The highest BCUT2D eigenvalue weighted by molar-refractivity contribution is 5.94. The number of rotatable bonds is 3. The van der Waals surface area contributed by atoms with Crippen LogP contribution in [0.15, 0.2) is 60.8 Å². The lowest BCUT2D eigenvalue weighted by atomic mass is 9.93. The van der Waals surface area contributed by atoms with Crippen molar-refractivity contribution < 1.29 is 9.53 Å². The third-order valence-corrected chi connectivity index (χ3v) is 5.10. The second-order valence-corrected chi connectivity index (χ2v) is 6.78. The molecule has 2 aromatic carbocycles. The molecule has 4 rings (SSSR count). The lowest BCUT2D eigenvalue weighted by Crippen LogP contribution is -2.39. The van der Waals surface area contributed by atoms with Gasteiger partial charge in [0.25, 0.3) is 5.91 Å². The Morgan fingerprint density at radius 1 is 1.12 bits per heavy atom. The maximum absolute atomic E-state index is 12.9. The van der Waals surface area contributed by atoms with Gasteiger partial charge < -0.3 is 9.64 Å². The van der Waals surface area contributed by atoms with Crippen molar-refractivity contribution in [2.75, 3.05) is 20.2 Å². The van der Waals surface area contributed by atoms with E-state index in [0.29, 0.717) is 17.9 Å². The lowest BCUT2D eigenvalue weighted by Gasteiger charge is -2.32. The van der Waals surface area contributed by atoms with Crippen molar-refractivity contribution in [1.82, 2.24) is 9.88 Å². The molecule has 0 radical (unpaired) electrons. The van der Waals surface area contributed by atoms with Crippen molar-refractivity contribution in [3.8, 4) is 5.75 Å². The van der Waals surface area contributed by atoms with Crippen LogP contribution in [0.2, 0.25) is 0 Å². The van der Waals surface area contributed by atoms with Gasteiger partial charge in [-0.05, 0) is 42.5 Å². The van der Waals surface area contributed by atoms with Crippen LogP contribution < -0.4 is 4.74 Å². The lowest BCUT2D eigenvalue weighted by molar-refractivity contribution is 0.0705. The van der Waals surface area contributed by atoms with Crippen molar-refractivity contribution in [3.63, 3.8) is 0 Å². The van der Waals surface area contributed by atoms with E-state index in [0.717, 1.165) is 30.5 Å². The smallest absolute Gasteiger partial charge is 0.254 e. The minimum Gasteiger partial charge on any atom is -0.497 e. The number of aromatic nitrogens is 1. The van der Waals surface area contributed by atoms with Gasteiger partial charge in [-0.1, -0.05) is 30.3 Å². The van der Waals surface area contributed by atoms with Crippen LogP contribution in [0.4, 0.5) is 0 Å². The Hall–Kier alpha value is -2.88. The average molecular weight is 346 g/mol. The molecule has 0 N–H and O–H groups in total. The third kappa shape index (κ3) is 3.27. The zero-order chi connectivity index (χ0) is 17.9. The number of fused-ring (bicyclic) bond motifs is 1. The van der Waals surface area contributed by atoms with Crippen molar-refractivity contribution in [2.24, 2.45) is 0 Å². The number of ether oxygens (including phenoxy) is 1. The van der Waals surface area contributed by atoms with E-state index in [1.54, 1.807) is 13.2 Å². The van der Waals surface area contributed by atoms with Crippen LogP contribution in [-0.2, 0) is 0 Å². The van der Waals surface area contributed by atoms with Gasteiger partial charge in [0.1, 0.15) is 5.75 Å². The van der Waals surface area contributed by atoms with E-state index in [9.17, 15) is 4.79 Å². The van der Waals surface area contributed by atoms with E-state index < -0.39 is 0 Å². The zero-order valence-corrected chi connectivity index (χ0v) is 14.9. The molecule has 0 unspecified atom stereocenters.